The molecule has 3 aromatic heterocycles. The molecule has 0 saturated carbocycles. The van der Waals surface area contributed by atoms with Crippen LogP contribution in [0.1, 0.15) is 0 Å². The van der Waals surface area contributed by atoms with Gasteiger partial charge in [-0.1, -0.05) is 0 Å². The maximum atomic E-state index is 8.55. The Morgan fingerprint density at radius 3 is 0.957 bits per heavy atom. The van der Waals surface area contributed by atoms with Crippen molar-refractivity contribution in [3.63, 3.8) is 0 Å². The number of furan rings is 3. The van der Waals surface area contributed by atoms with E-state index in [0.29, 0.717) is 0 Å². The van der Waals surface area contributed by atoms with Crippen molar-refractivity contribution in [2.24, 2.45) is 0 Å². The van der Waals surface area contributed by atoms with E-state index in [-0.39, 0.29) is 0 Å². The second-order valence-corrected chi connectivity index (χ2v) is 7.84. The van der Waals surface area contributed by atoms with Crippen LogP contribution in [0.25, 0.3) is 0 Å². The van der Waals surface area contributed by atoms with Crippen molar-refractivity contribution in [3.05, 3.63) is 55.2 Å². The molecule has 0 radical (unpaired) electrons. The third-order valence-electron chi connectivity index (χ3n) is 1.74. The molecule has 0 aliphatic carbocycles. The van der Waals surface area contributed by atoms with Gasteiger partial charge in [0.1, 0.15) is 0 Å². The maximum absolute atomic E-state index is 8.55. The Bertz CT molecular complexity index is 547. The molecule has 3 heterocycles. The van der Waals surface area contributed by atoms with Gasteiger partial charge in [0.05, 0.1) is 0 Å². The Morgan fingerprint density at radius 2 is 0.913 bits per heavy atom. The van der Waals surface area contributed by atoms with Crippen molar-refractivity contribution in [1.82, 2.24) is 0 Å². The topological polar surface area (TPSA) is 126 Å². The van der Waals surface area contributed by atoms with Crippen molar-refractivity contribution in [2.45, 2.75) is 0 Å². The summed E-state index contributed by atoms with van der Waals surface area (Å²) in [6.45, 7) is 0. The van der Waals surface area contributed by atoms with Gasteiger partial charge in [-0.15, -0.1) is 0 Å². The summed E-state index contributed by atoms with van der Waals surface area (Å²) >= 11 is 3.35. The van der Waals surface area contributed by atoms with Crippen molar-refractivity contribution in [1.29, 1.82) is 0 Å². The zero-order chi connectivity index (χ0) is 17.7. The molecule has 0 N–H and O–H groups in total. The van der Waals surface area contributed by atoms with Gasteiger partial charge in [0.25, 0.3) is 0 Å². The molecule has 0 amide bonds. The average molecular weight is 416 g/mol. The second kappa shape index (κ2) is 14.9. The van der Waals surface area contributed by atoms with Crippen LogP contribution in [-0.2, 0) is 4.57 Å². The van der Waals surface area contributed by atoms with E-state index in [1.54, 1.807) is 18.8 Å². The molecule has 0 saturated heterocycles. The third-order valence-corrected chi connectivity index (χ3v) is 3.63. The third kappa shape index (κ3) is 21.7. The van der Waals surface area contributed by atoms with Gasteiger partial charge in [-0.05, 0) is 0 Å². The first-order chi connectivity index (χ1) is 10.7. The Kier molecular flexibility index (Phi) is 16.0. The molecule has 3 rings (SSSR count). The van der Waals surface area contributed by atoms with Gasteiger partial charge in [0.15, 0.2) is 0 Å². The SMILES string of the molecule is O=P([O-])([O-])[O-].[Ca+][c]1ccco1.[Ca+][c]1ccco1.[Ca+][c]1ccco1. The fraction of sp³-hybridized carbons (Fsp3) is 0. The number of rotatable bonds is 0. The molecule has 0 spiro atoms. The fourth-order valence-corrected chi connectivity index (χ4v) is 2.03. The molecule has 110 valence electrons. The Hall–Kier alpha value is 1.73. The van der Waals surface area contributed by atoms with Gasteiger partial charge < -0.3 is 19.2 Å². The van der Waals surface area contributed by atoms with Crippen LogP contribution < -0.4 is 20.3 Å². The quantitative estimate of drug-likeness (QED) is 0.290. The molecule has 0 fully saturated rings. The summed E-state index contributed by atoms with van der Waals surface area (Å²) in [4.78, 5) is 25.6. The van der Waals surface area contributed by atoms with Gasteiger partial charge in [0, 0.05) is 0 Å². The summed E-state index contributed by atoms with van der Waals surface area (Å²) < 4.78 is 26.5. The number of hydrogen-bond donors (Lipinski definition) is 0. The van der Waals surface area contributed by atoms with Crippen LogP contribution >= 0.6 is 7.82 Å². The van der Waals surface area contributed by atoms with E-state index in [4.69, 9.17) is 32.5 Å². The Balaban J connectivity index is 0.000000282. The minimum absolute atomic E-state index is 1.09. The fourth-order valence-electron chi connectivity index (χ4n) is 0.938. The van der Waals surface area contributed by atoms with Crippen LogP contribution in [0.3, 0.4) is 0 Å². The van der Waals surface area contributed by atoms with E-state index >= 15 is 0 Å². The molecule has 0 aliphatic rings. The van der Waals surface area contributed by atoms with E-state index in [1.807, 2.05) is 36.4 Å². The summed E-state index contributed by atoms with van der Waals surface area (Å²) in [6.07, 6.45) is 5.08. The van der Waals surface area contributed by atoms with E-state index in [2.05, 4.69) is 0 Å². The van der Waals surface area contributed by atoms with Crippen LogP contribution in [0.5, 0.6) is 0 Å². The van der Waals surface area contributed by atoms with E-state index < -0.39 is 7.82 Å². The van der Waals surface area contributed by atoms with E-state index in [9.17, 15) is 0 Å². The van der Waals surface area contributed by atoms with E-state index in [1.165, 1.54) is 0 Å². The number of hydrogen-bond acceptors (Lipinski definition) is 7. The van der Waals surface area contributed by atoms with Crippen molar-refractivity contribution in [2.75, 3.05) is 0 Å². The molecule has 7 nitrogen and oxygen atoms in total. The summed E-state index contributed by atoms with van der Waals surface area (Å²) in [6, 6.07) is 11.6. The molecule has 0 atom stereocenters. The summed E-state index contributed by atoms with van der Waals surface area (Å²) in [5.41, 5.74) is 0. The van der Waals surface area contributed by atoms with Crippen LogP contribution in [0.15, 0.2) is 68.4 Å². The van der Waals surface area contributed by atoms with Crippen LogP contribution in [-0.4, -0.2) is 107 Å². The zero-order valence-electron chi connectivity index (χ0n) is 12.1. The zero-order valence-corrected chi connectivity index (χ0v) is 19.6. The Labute approximate surface area is 204 Å². The van der Waals surface area contributed by atoms with Gasteiger partial charge in [-0.2, -0.15) is 7.82 Å². The van der Waals surface area contributed by atoms with Gasteiger partial charge >= 0.3 is 181 Å². The van der Waals surface area contributed by atoms with Gasteiger partial charge in [-0.3, -0.25) is 0 Å². The minimum atomic E-state index is -5.39. The molecular weight excluding hydrogens is 407 g/mol. The van der Waals surface area contributed by atoms with Crippen LogP contribution in [0.4, 0.5) is 0 Å². The Morgan fingerprint density at radius 1 is 0.696 bits per heavy atom. The van der Waals surface area contributed by atoms with Crippen molar-refractivity contribution >= 4 is 121 Å². The average Bonchev–Trinajstić information content (AvgIpc) is 3.14. The standard InChI is InChI=1S/3C4H3O.3Ca.H3O4P/c3*1-2-4-5-3-1;;;;1-5(2,3)4/h3*1-3H;;;;(H3,1,2,3,4)/q;;;3*+1;/p-3. The van der Waals surface area contributed by atoms with Crippen molar-refractivity contribution < 1.29 is 32.5 Å². The molecule has 0 aliphatic heterocycles. The monoisotopic (exact) mass is 416 g/mol. The first-order valence-corrected chi connectivity index (χ1v) is 10.7. The first kappa shape index (κ1) is 24.7. The normalized spacial score (nSPS) is 9.61. The molecule has 0 bridgehead atoms. The van der Waals surface area contributed by atoms with Crippen molar-refractivity contribution in [3.8, 4) is 0 Å². The molecule has 0 unspecified atom stereocenters. The van der Waals surface area contributed by atoms with Gasteiger partial charge in [0.2, 0.25) is 0 Å². The molecular formula is C12H9Ca3O7P. The summed E-state index contributed by atoms with van der Waals surface area (Å²) in [5.74, 6) is 0. The second-order valence-electron chi connectivity index (χ2n) is 3.69. The summed E-state index contributed by atoms with van der Waals surface area (Å²) in [7, 11) is -5.39. The first-order valence-electron chi connectivity index (χ1n) is 5.98. The predicted molar refractivity (Wildman–Crippen MR) is 79.9 cm³/mol. The van der Waals surface area contributed by atoms with Crippen LogP contribution in [0, 0.1) is 0 Å². The number of phosphoric acid groups is 1. The molecule has 23 heavy (non-hydrogen) atoms. The molecule has 0 aromatic carbocycles. The van der Waals surface area contributed by atoms with E-state index in [0.717, 1.165) is 113 Å². The molecule has 11 heteroatoms. The van der Waals surface area contributed by atoms with Crippen LogP contribution in [0.2, 0.25) is 0 Å². The molecule has 3 aromatic rings. The van der Waals surface area contributed by atoms with Gasteiger partial charge in [-0.25, -0.2) is 0 Å². The predicted octanol–water partition coefficient (Wildman–Crippen LogP) is -2.60. The summed E-state index contributed by atoms with van der Waals surface area (Å²) in [5, 5.41) is 0.